The van der Waals surface area contributed by atoms with Crippen molar-refractivity contribution < 1.29 is 17.9 Å². The van der Waals surface area contributed by atoms with E-state index in [1.165, 1.54) is 4.90 Å². The van der Waals surface area contributed by atoms with Crippen LogP contribution in [0.2, 0.25) is 5.02 Å². The average Bonchev–Trinajstić information content (AvgIpc) is 2.43. The molecular formula is C14H20ClNO4S. The molecule has 0 aliphatic carbocycles. The second-order valence-corrected chi connectivity index (χ2v) is 7.63. The van der Waals surface area contributed by atoms with Crippen LogP contribution in [0.4, 0.5) is 0 Å². The van der Waals surface area contributed by atoms with Crippen molar-refractivity contribution >= 4 is 27.3 Å². The number of nitrogens with zero attached hydrogens (tertiary/aromatic N) is 1. The van der Waals surface area contributed by atoms with Crippen LogP contribution in [-0.4, -0.2) is 50.4 Å². The van der Waals surface area contributed by atoms with Gasteiger partial charge in [0, 0.05) is 23.9 Å². The van der Waals surface area contributed by atoms with Crippen molar-refractivity contribution in [3.8, 4) is 5.75 Å². The first-order chi connectivity index (χ1) is 9.75. The number of likely N-dealkylation sites (N-methyl/N-ethyl adjacent to an activating group) is 1. The minimum atomic E-state index is -3.12. The molecule has 0 N–H and O–H groups in total. The Morgan fingerprint density at radius 1 is 1.43 bits per heavy atom. The second-order valence-electron chi connectivity index (χ2n) is 4.80. The molecule has 0 radical (unpaired) electrons. The van der Waals surface area contributed by atoms with E-state index in [9.17, 15) is 13.2 Å². The van der Waals surface area contributed by atoms with E-state index in [1.807, 2.05) is 0 Å². The molecule has 1 aromatic rings. The molecule has 1 aromatic carbocycles. The Morgan fingerprint density at radius 3 is 2.67 bits per heavy atom. The van der Waals surface area contributed by atoms with Crippen molar-refractivity contribution in [3.63, 3.8) is 0 Å². The van der Waals surface area contributed by atoms with Gasteiger partial charge in [0.05, 0.1) is 5.75 Å². The summed E-state index contributed by atoms with van der Waals surface area (Å²) in [6, 6.07) is 6.34. The number of hydrogen-bond donors (Lipinski definition) is 0. The monoisotopic (exact) mass is 333 g/mol. The maximum Gasteiger partial charge on any atom is 0.260 e. The fourth-order valence-electron chi connectivity index (χ4n) is 1.65. The van der Waals surface area contributed by atoms with Crippen LogP contribution < -0.4 is 4.74 Å². The molecular weight excluding hydrogens is 314 g/mol. The van der Waals surface area contributed by atoms with Crippen LogP contribution in [0.25, 0.3) is 0 Å². The zero-order chi connectivity index (χ0) is 16.0. The predicted octanol–water partition coefficient (Wildman–Crippen LogP) is 2.00. The summed E-state index contributed by atoms with van der Waals surface area (Å²) in [6.45, 7) is 3.13. The van der Waals surface area contributed by atoms with Crippen molar-refractivity contribution in [2.75, 3.05) is 25.2 Å². The number of carbonyl (C=O) groups excluding carboxylic acids is 1. The van der Waals surface area contributed by atoms with Crippen LogP contribution in [0.15, 0.2) is 24.3 Å². The van der Waals surface area contributed by atoms with Gasteiger partial charge in [-0.05, 0) is 25.1 Å². The number of benzene rings is 1. The van der Waals surface area contributed by atoms with Crippen molar-refractivity contribution in [1.29, 1.82) is 0 Å². The highest BCUT2D eigenvalue weighted by molar-refractivity contribution is 7.91. The zero-order valence-corrected chi connectivity index (χ0v) is 13.9. The summed E-state index contributed by atoms with van der Waals surface area (Å²) in [4.78, 5) is 13.4. The van der Waals surface area contributed by atoms with E-state index >= 15 is 0 Å². The fraction of sp³-hybridized carbons (Fsp3) is 0.500. The smallest absolute Gasteiger partial charge is 0.260 e. The van der Waals surface area contributed by atoms with Gasteiger partial charge >= 0.3 is 0 Å². The lowest BCUT2D eigenvalue weighted by molar-refractivity contribution is -0.133. The van der Waals surface area contributed by atoms with Crippen molar-refractivity contribution in [2.24, 2.45) is 0 Å². The molecule has 0 fully saturated rings. The van der Waals surface area contributed by atoms with Crippen LogP contribution in [0, 0.1) is 0 Å². The van der Waals surface area contributed by atoms with Crippen LogP contribution in [-0.2, 0) is 14.6 Å². The Hall–Kier alpha value is -1.27. The maximum atomic E-state index is 12.0. The lowest BCUT2D eigenvalue weighted by atomic mass is 10.3. The first kappa shape index (κ1) is 17.8. The molecule has 0 heterocycles. The zero-order valence-electron chi connectivity index (χ0n) is 12.4. The van der Waals surface area contributed by atoms with Crippen molar-refractivity contribution in [2.45, 2.75) is 19.9 Å². The topological polar surface area (TPSA) is 63.7 Å². The van der Waals surface area contributed by atoms with Gasteiger partial charge in [0.2, 0.25) is 0 Å². The standard InChI is InChI=1S/C14H20ClNO4S/c1-4-21(18,19)10-11(2)16(3)14(17)9-20-13-7-5-6-12(15)8-13/h5-8,11H,4,9-10H2,1-3H3. The Balaban J connectivity index is 2.55. The van der Waals surface area contributed by atoms with Gasteiger partial charge in [-0.25, -0.2) is 8.42 Å². The van der Waals surface area contributed by atoms with Gasteiger partial charge in [-0.15, -0.1) is 0 Å². The SMILES string of the molecule is CCS(=O)(=O)CC(C)N(C)C(=O)COc1cccc(Cl)c1. The van der Waals surface area contributed by atoms with Gasteiger partial charge in [0.15, 0.2) is 16.4 Å². The molecule has 0 aromatic heterocycles. The third-order valence-electron chi connectivity index (χ3n) is 3.15. The molecule has 5 nitrogen and oxygen atoms in total. The summed E-state index contributed by atoms with van der Waals surface area (Å²) in [5, 5.41) is 0.524. The van der Waals surface area contributed by atoms with E-state index in [4.69, 9.17) is 16.3 Å². The molecule has 1 atom stereocenters. The fourth-order valence-corrected chi connectivity index (χ4v) is 3.02. The van der Waals surface area contributed by atoms with Gasteiger partial charge in [0.1, 0.15) is 5.75 Å². The number of halogens is 1. The van der Waals surface area contributed by atoms with Crippen LogP contribution in [0.1, 0.15) is 13.8 Å². The lowest BCUT2D eigenvalue weighted by Gasteiger charge is -2.24. The Labute approximate surface area is 130 Å². The maximum absolute atomic E-state index is 12.0. The van der Waals surface area contributed by atoms with Crippen LogP contribution in [0.5, 0.6) is 5.75 Å². The molecule has 7 heteroatoms. The van der Waals surface area contributed by atoms with Crippen molar-refractivity contribution in [3.05, 3.63) is 29.3 Å². The van der Waals surface area contributed by atoms with E-state index < -0.39 is 15.9 Å². The molecule has 0 bridgehead atoms. The first-order valence-corrected chi connectivity index (χ1v) is 8.79. The van der Waals surface area contributed by atoms with Gasteiger partial charge in [-0.1, -0.05) is 24.6 Å². The molecule has 0 saturated carbocycles. The van der Waals surface area contributed by atoms with E-state index in [1.54, 1.807) is 45.2 Å². The van der Waals surface area contributed by atoms with E-state index in [0.29, 0.717) is 10.8 Å². The summed E-state index contributed by atoms with van der Waals surface area (Å²) in [5.74, 6) is 0.230. The largest absolute Gasteiger partial charge is 0.484 e. The lowest BCUT2D eigenvalue weighted by Crippen LogP contribution is -2.42. The molecule has 118 valence electrons. The number of rotatable bonds is 7. The number of amides is 1. The molecule has 0 aliphatic heterocycles. The normalized spacial score (nSPS) is 12.8. The third kappa shape index (κ3) is 5.93. The molecule has 0 saturated heterocycles. The molecule has 0 spiro atoms. The van der Waals surface area contributed by atoms with Crippen LogP contribution >= 0.6 is 11.6 Å². The average molecular weight is 334 g/mol. The molecule has 1 rings (SSSR count). The number of hydrogen-bond acceptors (Lipinski definition) is 4. The van der Waals surface area contributed by atoms with Gasteiger partial charge in [-0.2, -0.15) is 0 Å². The van der Waals surface area contributed by atoms with Gasteiger partial charge in [0.25, 0.3) is 5.91 Å². The first-order valence-electron chi connectivity index (χ1n) is 6.59. The van der Waals surface area contributed by atoms with E-state index in [0.717, 1.165) is 0 Å². The summed E-state index contributed by atoms with van der Waals surface area (Å²) in [7, 11) is -1.55. The molecule has 1 amide bonds. The summed E-state index contributed by atoms with van der Waals surface area (Å²) in [6.07, 6.45) is 0. The predicted molar refractivity (Wildman–Crippen MR) is 83.5 cm³/mol. The number of carbonyl (C=O) groups is 1. The Kier molecular flexibility index (Phi) is 6.48. The third-order valence-corrected chi connectivity index (χ3v) is 5.25. The number of ether oxygens (including phenoxy) is 1. The summed E-state index contributed by atoms with van der Waals surface area (Å²) in [5.41, 5.74) is 0. The Bertz CT molecular complexity index is 588. The minimum absolute atomic E-state index is 0.0527. The Morgan fingerprint density at radius 2 is 2.10 bits per heavy atom. The molecule has 0 aliphatic rings. The summed E-state index contributed by atoms with van der Waals surface area (Å²) < 4.78 is 28.5. The van der Waals surface area contributed by atoms with Crippen molar-refractivity contribution in [1.82, 2.24) is 4.90 Å². The minimum Gasteiger partial charge on any atom is -0.484 e. The quantitative estimate of drug-likeness (QED) is 0.765. The van der Waals surface area contributed by atoms with Crippen LogP contribution in [0.3, 0.4) is 0 Å². The summed E-state index contributed by atoms with van der Waals surface area (Å²) >= 11 is 5.82. The van der Waals surface area contributed by atoms with E-state index in [2.05, 4.69) is 0 Å². The molecule has 1 unspecified atom stereocenters. The second kappa shape index (κ2) is 7.66. The van der Waals surface area contributed by atoms with E-state index in [-0.39, 0.29) is 24.0 Å². The van der Waals surface area contributed by atoms with Gasteiger partial charge in [-0.3, -0.25) is 4.79 Å². The molecule has 21 heavy (non-hydrogen) atoms. The number of sulfone groups is 1. The van der Waals surface area contributed by atoms with Gasteiger partial charge < -0.3 is 9.64 Å². The highest BCUT2D eigenvalue weighted by Crippen LogP contribution is 2.17. The highest BCUT2D eigenvalue weighted by Gasteiger charge is 2.21. The highest BCUT2D eigenvalue weighted by atomic mass is 35.5.